The van der Waals surface area contributed by atoms with E-state index in [4.69, 9.17) is 4.42 Å². The fourth-order valence-corrected chi connectivity index (χ4v) is 1.70. The van der Waals surface area contributed by atoms with E-state index in [1.54, 1.807) is 10.7 Å². The number of pyridine rings is 1. The van der Waals surface area contributed by atoms with Gasteiger partial charge in [-0.15, -0.1) is 5.10 Å². The highest BCUT2D eigenvalue weighted by Crippen LogP contribution is 2.09. The largest absolute Gasteiger partial charge is 0.444 e. The third-order valence-electron chi connectivity index (χ3n) is 2.56. The third kappa shape index (κ3) is 2.04. The van der Waals surface area contributed by atoms with E-state index in [1.807, 2.05) is 32.2 Å². The molecule has 18 heavy (non-hydrogen) atoms. The van der Waals surface area contributed by atoms with Crippen molar-refractivity contribution in [2.24, 2.45) is 0 Å². The Balaban J connectivity index is 1.78. The molecule has 92 valence electrons. The highest BCUT2D eigenvalue weighted by molar-refractivity contribution is 5.45. The summed E-state index contributed by atoms with van der Waals surface area (Å²) in [5, 5.41) is 7.38. The van der Waals surface area contributed by atoms with Crippen LogP contribution in [0.2, 0.25) is 0 Å². The normalized spacial score (nSPS) is 11.0. The van der Waals surface area contributed by atoms with Gasteiger partial charge in [0.05, 0.1) is 12.7 Å². The molecule has 3 aromatic rings. The number of aryl methyl sites for hydroxylation is 2. The number of aromatic nitrogens is 4. The molecule has 0 saturated heterocycles. The van der Waals surface area contributed by atoms with Crippen molar-refractivity contribution >= 4 is 11.6 Å². The van der Waals surface area contributed by atoms with Crippen LogP contribution in [0.5, 0.6) is 0 Å². The Labute approximate surface area is 104 Å². The molecule has 0 fully saturated rings. The lowest BCUT2D eigenvalue weighted by atomic mass is 10.3. The van der Waals surface area contributed by atoms with Crippen molar-refractivity contribution in [3.63, 3.8) is 0 Å². The molecule has 1 N–H and O–H groups in total. The average Bonchev–Trinajstić information content (AvgIpc) is 2.92. The van der Waals surface area contributed by atoms with E-state index in [-0.39, 0.29) is 0 Å². The van der Waals surface area contributed by atoms with Crippen molar-refractivity contribution in [1.82, 2.24) is 19.6 Å². The molecule has 6 nitrogen and oxygen atoms in total. The predicted molar refractivity (Wildman–Crippen MR) is 66.3 cm³/mol. The van der Waals surface area contributed by atoms with Crippen molar-refractivity contribution in [2.75, 3.05) is 5.32 Å². The van der Waals surface area contributed by atoms with Crippen molar-refractivity contribution in [2.45, 2.75) is 20.4 Å². The van der Waals surface area contributed by atoms with Gasteiger partial charge in [0.15, 0.2) is 5.65 Å². The molecular formula is C12H13N5O. The number of anilines is 1. The van der Waals surface area contributed by atoms with Crippen LogP contribution in [0.25, 0.3) is 5.65 Å². The van der Waals surface area contributed by atoms with Crippen molar-refractivity contribution < 1.29 is 4.42 Å². The van der Waals surface area contributed by atoms with E-state index >= 15 is 0 Å². The first-order chi connectivity index (χ1) is 8.70. The molecule has 3 heterocycles. The Bertz CT molecular complexity index is 685. The maximum absolute atomic E-state index is 5.36. The zero-order chi connectivity index (χ0) is 12.5. The van der Waals surface area contributed by atoms with Gasteiger partial charge in [-0.2, -0.15) is 4.98 Å². The second-order valence-electron chi connectivity index (χ2n) is 4.16. The number of hydrogen-bond donors (Lipinski definition) is 1. The summed E-state index contributed by atoms with van der Waals surface area (Å²) in [5.74, 6) is 1.99. The van der Waals surface area contributed by atoms with Crippen molar-refractivity contribution in [3.05, 3.63) is 41.7 Å². The quantitative estimate of drug-likeness (QED) is 0.761. The van der Waals surface area contributed by atoms with Gasteiger partial charge in [0.1, 0.15) is 5.76 Å². The van der Waals surface area contributed by atoms with E-state index in [1.165, 1.54) is 0 Å². The number of nitrogens with zero attached hydrogens (tertiary/aromatic N) is 4. The van der Waals surface area contributed by atoms with Crippen LogP contribution in [-0.2, 0) is 6.54 Å². The SMILES string of the molecule is Cc1ccn2nc(NCc3ncc(C)o3)nc2c1. The lowest BCUT2D eigenvalue weighted by molar-refractivity contribution is 0.478. The summed E-state index contributed by atoms with van der Waals surface area (Å²) in [6, 6.07) is 3.97. The zero-order valence-corrected chi connectivity index (χ0v) is 10.2. The minimum absolute atomic E-state index is 0.476. The Kier molecular flexibility index (Phi) is 2.47. The molecule has 0 aromatic carbocycles. The Hall–Kier alpha value is -2.37. The Morgan fingerprint density at radius 3 is 3.06 bits per heavy atom. The molecule has 0 unspecified atom stereocenters. The van der Waals surface area contributed by atoms with Crippen LogP contribution in [0, 0.1) is 13.8 Å². The average molecular weight is 243 g/mol. The summed E-state index contributed by atoms with van der Waals surface area (Å²) >= 11 is 0. The summed E-state index contributed by atoms with van der Waals surface area (Å²) in [7, 11) is 0. The molecule has 0 bridgehead atoms. The number of rotatable bonds is 3. The minimum Gasteiger partial charge on any atom is -0.444 e. The van der Waals surface area contributed by atoms with E-state index < -0.39 is 0 Å². The van der Waals surface area contributed by atoms with E-state index in [9.17, 15) is 0 Å². The zero-order valence-electron chi connectivity index (χ0n) is 10.2. The second-order valence-corrected chi connectivity index (χ2v) is 4.16. The van der Waals surface area contributed by atoms with E-state index in [2.05, 4.69) is 20.4 Å². The van der Waals surface area contributed by atoms with Gasteiger partial charge in [-0.3, -0.25) is 0 Å². The lowest BCUT2D eigenvalue weighted by Crippen LogP contribution is -2.01. The maximum atomic E-state index is 5.36. The molecule has 0 aliphatic heterocycles. The van der Waals surface area contributed by atoms with Crippen LogP contribution >= 0.6 is 0 Å². The summed E-state index contributed by atoms with van der Waals surface area (Å²) in [5.41, 5.74) is 1.98. The van der Waals surface area contributed by atoms with Crippen molar-refractivity contribution in [3.8, 4) is 0 Å². The monoisotopic (exact) mass is 243 g/mol. The molecular weight excluding hydrogens is 230 g/mol. The number of nitrogens with one attached hydrogen (secondary N) is 1. The predicted octanol–water partition coefficient (Wildman–Crippen LogP) is 1.95. The summed E-state index contributed by atoms with van der Waals surface area (Å²) in [6.45, 7) is 4.36. The molecule has 3 aromatic heterocycles. The highest BCUT2D eigenvalue weighted by atomic mass is 16.4. The molecule has 0 spiro atoms. The highest BCUT2D eigenvalue weighted by Gasteiger charge is 2.05. The fourth-order valence-electron chi connectivity index (χ4n) is 1.70. The van der Waals surface area contributed by atoms with Crippen LogP contribution in [-0.4, -0.2) is 19.6 Å². The molecule has 3 rings (SSSR count). The molecule has 0 aliphatic carbocycles. The maximum Gasteiger partial charge on any atom is 0.243 e. The molecule has 6 heteroatoms. The van der Waals surface area contributed by atoms with Gasteiger partial charge in [0, 0.05) is 6.20 Å². The van der Waals surface area contributed by atoms with Gasteiger partial charge in [-0.25, -0.2) is 9.50 Å². The van der Waals surface area contributed by atoms with Crippen LogP contribution < -0.4 is 5.32 Å². The summed E-state index contributed by atoms with van der Waals surface area (Å²) < 4.78 is 7.09. The van der Waals surface area contributed by atoms with Gasteiger partial charge in [-0.05, 0) is 31.5 Å². The Morgan fingerprint density at radius 2 is 2.28 bits per heavy atom. The fraction of sp³-hybridized carbons (Fsp3) is 0.250. The van der Waals surface area contributed by atoms with E-state index in [0.717, 1.165) is 17.0 Å². The minimum atomic E-state index is 0.476. The molecule has 0 atom stereocenters. The van der Waals surface area contributed by atoms with Crippen LogP contribution in [0.15, 0.2) is 28.9 Å². The van der Waals surface area contributed by atoms with Gasteiger partial charge >= 0.3 is 0 Å². The second kappa shape index (κ2) is 4.14. The Morgan fingerprint density at radius 1 is 1.39 bits per heavy atom. The van der Waals surface area contributed by atoms with Crippen molar-refractivity contribution in [1.29, 1.82) is 0 Å². The van der Waals surface area contributed by atoms with Gasteiger partial charge < -0.3 is 9.73 Å². The summed E-state index contributed by atoms with van der Waals surface area (Å²) in [6.07, 6.45) is 3.58. The number of oxazole rings is 1. The van der Waals surface area contributed by atoms with Crippen LogP contribution in [0.4, 0.5) is 5.95 Å². The van der Waals surface area contributed by atoms with Crippen LogP contribution in [0.3, 0.4) is 0 Å². The molecule has 0 saturated carbocycles. The number of fused-ring (bicyclic) bond motifs is 1. The lowest BCUT2D eigenvalue weighted by Gasteiger charge is -1.95. The van der Waals surface area contributed by atoms with E-state index in [0.29, 0.717) is 18.4 Å². The summed E-state index contributed by atoms with van der Waals surface area (Å²) in [4.78, 5) is 8.47. The van der Waals surface area contributed by atoms with Crippen LogP contribution in [0.1, 0.15) is 17.2 Å². The molecule has 0 radical (unpaired) electrons. The third-order valence-corrected chi connectivity index (χ3v) is 2.56. The topological polar surface area (TPSA) is 68.2 Å². The standard InChI is InChI=1S/C12H13N5O/c1-8-3-4-17-10(5-8)15-12(16-17)14-7-11-13-6-9(2)18-11/h3-6H,7H2,1-2H3,(H,14,16). The van der Waals surface area contributed by atoms with Gasteiger partial charge in [-0.1, -0.05) is 0 Å². The molecule has 0 aliphatic rings. The first-order valence-electron chi connectivity index (χ1n) is 5.69. The number of hydrogen-bond acceptors (Lipinski definition) is 5. The van der Waals surface area contributed by atoms with Gasteiger partial charge in [0.25, 0.3) is 0 Å². The first-order valence-corrected chi connectivity index (χ1v) is 5.69. The molecule has 0 amide bonds. The smallest absolute Gasteiger partial charge is 0.243 e. The first kappa shape index (κ1) is 10.8. The van der Waals surface area contributed by atoms with Gasteiger partial charge in [0.2, 0.25) is 11.8 Å².